The van der Waals surface area contributed by atoms with Gasteiger partial charge in [-0.05, 0) is 31.6 Å². The second kappa shape index (κ2) is 72.0. The van der Waals surface area contributed by atoms with Gasteiger partial charge in [0.05, 0.1) is 26.4 Å². The zero-order valence-corrected chi connectivity index (χ0v) is 65.7. The first kappa shape index (κ1) is 96.1. The Morgan fingerprint density at radius 2 is 0.469 bits per heavy atom. The van der Waals surface area contributed by atoms with Crippen LogP contribution in [0.5, 0.6) is 0 Å². The van der Waals surface area contributed by atoms with Crippen LogP contribution in [-0.2, 0) is 65.4 Å². The predicted molar refractivity (Wildman–Crippen MR) is 400 cm³/mol. The van der Waals surface area contributed by atoms with Crippen LogP contribution in [0.1, 0.15) is 420 Å². The lowest BCUT2D eigenvalue weighted by Gasteiger charge is -2.21. The Labute approximate surface area is 600 Å². The highest BCUT2D eigenvalue weighted by Crippen LogP contribution is 2.45. The summed E-state index contributed by atoms with van der Waals surface area (Å²) in [5.41, 5.74) is 0. The van der Waals surface area contributed by atoms with Gasteiger partial charge in [-0.15, -0.1) is 0 Å². The highest BCUT2D eigenvalue weighted by atomic mass is 31.2. The Kier molecular flexibility index (Phi) is 70.6. The number of phosphoric ester groups is 2. The van der Waals surface area contributed by atoms with Crippen molar-refractivity contribution < 1.29 is 80.2 Å². The number of ether oxygens (including phenoxy) is 4. The number of esters is 4. The Hall–Kier alpha value is -1.94. The van der Waals surface area contributed by atoms with E-state index in [-0.39, 0.29) is 25.7 Å². The fourth-order valence-electron chi connectivity index (χ4n) is 12.2. The van der Waals surface area contributed by atoms with Gasteiger partial charge in [-0.3, -0.25) is 37.3 Å². The van der Waals surface area contributed by atoms with Crippen LogP contribution in [0.2, 0.25) is 0 Å². The molecule has 0 rings (SSSR count). The van der Waals surface area contributed by atoms with Crippen molar-refractivity contribution in [2.24, 2.45) is 5.92 Å². The molecule has 0 aromatic rings. The minimum absolute atomic E-state index is 0.107. The van der Waals surface area contributed by atoms with Crippen molar-refractivity contribution in [3.63, 3.8) is 0 Å². The minimum Gasteiger partial charge on any atom is -0.462 e. The summed E-state index contributed by atoms with van der Waals surface area (Å²) < 4.78 is 68.6. The first-order chi connectivity index (χ1) is 47.5. The Morgan fingerprint density at radius 1 is 0.276 bits per heavy atom. The van der Waals surface area contributed by atoms with Crippen LogP contribution >= 0.6 is 15.6 Å². The van der Waals surface area contributed by atoms with Crippen molar-refractivity contribution in [2.45, 2.75) is 438 Å². The van der Waals surface area contributed by atoms with Crippen molar-refractivity contribution in [1.82, 2.24) is 0 Å². The zero-order chi connectivity index (χ0) is 71.9. The number of carbonyl (C=O) groups excluding carboxylic acids is 4. The summed E-state index contributed by atoms with van der Waals surface area (Å²) in [5, 5.41) is 10.6. The van der Waals surface area contributed by atoms with E-state index in [9.17, 15) is 43.2 Å². The molecule has 19 heteroatoms. The number of unbranched alkanes of at least 4 members (excludes halogenated alkanes) is 51. The second-order valence-electron chi connectivity index (χ2n) is 28.9. The molecule has 0 saturated heterocycles. The summed E-state index contributed by atoms with van der Waals surface area (Å²) >= 11 is 0. The number of aliphatic hydroxyl groups excluding tert-OH is 1. The monoisotopic (exact) mass is 1440 g/mol. The Bertz CT molecular complexity index is 1870. The van der Waals surface area contributed by atoms with E-state index in [0.717, 1.165) is 95.8 Å². The van der Waals surface area contributed by atoms with E-state index in [2.05, 4.69) is 34.6 Å². The van der Waals surface area contributed by atoms with Gasteiger partial charge in [-0.1, -0.05) is 369 Å². The van der Waals surface area contributed by atoms with Gasteiger partial charge in [0, 0.05) is 25.7 Å². The molecule has 98 heavy (non-hydrogen) atoms. The van der Waals surface area contributed by atoms with Gasteiger partial charge >= 0.3 is 39.5 Å². The van der Waals surface area contributed by atoms with Gasteiger partial charge in [-0.25, -0.2) is 9.13 Å². The Morgan fingerprint density at radius 3 is 0.694 bits per heavy atom. The van der Waals surface area contributed by atoms with E-state index in [1.807, 2.05) is 0 Å². The standard InChI is InChI=1S/C79H154O17P2/c1-6-9-12-15-18-21-24-25-26-27-28-29-30-31-32-37-40-45-50-55-60-65-79(84)96-75(69-90-77(82)63-58-53-48-44-39-36-34-33-35-38-41-46-51-56-61-72(4)5)71-94-98(87,88)92-67-73(80)66-91-97(85,86)93-70-74(95-78(83)64-59-54-49-43-23-20-17-14-11-8-3)68-89-76(81)62-57-52-47-42-22-19-16-13-10-7-2/h72-75,80H,6-71H2,1-5H3,(H,85,86)(H,87,88)/t73-,74+,75+/m0/s1. The van der Waals surface area contributed by atoms with Gasteiger partial charge in [-0.2, -0.15) is 0 Å². The molecule has 3 N–H and O–H groups in total. The van der Waals surface area contributed by atoms with Crippen LogP contribution in [0, 0.1) is 5.92 Å². The molecule has 0 aliphatic carbocycles. The first-order valence-corrected chi connectivity index (χ1v) is 44.1. The summed E-state index contributed by atoms with van der Waals surface area (Å²) in [4.78, 5) is 72.8. The van der Waals surface area contributed by atoms with Gasteiger partial charge in [0.15, 0.2) is 12.2 Å². The van der Waals surface area contributed by atoms with E-state index in [0.29, 0.717) is 25.7 Å². The van der Waals surface area contributed by atoms with Crippen LogP contribution in [-0.4, -0.2) is 96.7 Å². The predicted octanol–water partition coefficient (Wildman–Crippen LogP) is 23.6. The fraction of sp³-hybridized carbons (Fsp3) is 0.949. The lowest BCUT2D eigenvalue weighted by atomic mass is 10.0. The maximum atomic E-state index is 13.1. The molecule has 5 atom stereocenters. The molecule has 0 aliphatic rings. The minimum atomic E-state index is -4.96. The molecule has 0 radical (unpaired) electrons. The summed E-state index contributed by atoms with van der Waals surface area (Å²) in [6.07, 6.45) is 62.5. The number of hydrogen-bond acceptors (Lipinski definition) is 15. The lowest BCUT2D eigenvalue weighted by Crippen LogP contribution is -2.30. The van der Waals surface area contributed by atoms with Crippen LogP contribution in [0.25, 0.3) is 0 Å². The molecule has 2 unspecified atom stereocenters. The molecule has 0 fully saturated rings. The van der Waals surface area contributed by atoms with Gasteiger partial charge < -0.3 is 33.8 Å². The molecule has 582 valence electrons. The molecule has 0 heterocycles. The molecule has 0 aromatic heterocycles. The van der Waals surface area contributed by atoms with Crippen molar-refractivity contribution in [2.75, 3.05) is 39.6 Å². The summed E-state index contributed by atoms with van der Waals surface area (Å²) in [6.45, 7) is 7.32. The fourth-order valence-corrected chi connectivity index (χ4v) is 13.8. The zero-order valence-electron chi connectivity index (χ0n) is 63.9. The normalized spacial score (nSPS) is 13.9. The largest absolute Gasteiger partial charge is 0.472 e. The van der Waals surface area contributed by atoms with E-state index in [1.165, 1.54) is 244 Å². The molecule has 17 nitrogen and oxygen atoms in total. The third-order valence-corrected chi connectivity index (χ3v) is 20.4. The molecule has 0 bridgehead atoms. The van der Waals surface area contributed by atoms with Crippen LogP contribution < -0.4 is 0 Å². The van der Waals surface area contributed by atoms with Crippen LogP contribution in [0.4, 0.5) is 0 Å². The first-order valence-electron chi connectivity index (χ1n) is 41.1. The third kappa shape index (κ3) is 72.4. The number of hydrogen-bond donors (Lipinski definition) is 3. The SMILES string of the molecule is CCCCCCCCCCCCCCCCCCCCCCCC(=O)O[C@H](COC(=O)CCCCCCCCCCCCCCCCC(C)C)COP(=O)(O)OC[C@@H](O)COP(=O)(O)OC[C@@H](COC(=O)CCCCCCCCCCCC)OC(=O)CCCCCCCCCCCC. The van der Waals surface area contributed by atoms with Gasteiger partial charge in [0.2, 0.25) is 0 Å². The Balaban J connectivity index is 5.19. The van der Waals surface area contributed by atoms with Crippen LogP contribution in [0.15, 0.2) is 0 Å². The van der Waals surface area contributed by atoms with Gasteiger partial charge in [0.25, 0.3) is 0 Å². The van der Waals surface area contributed by atoms with E-state index in [4.69, 9.17) is 37.0 Å². The van der Waals surface area contributed by atoms with E-state index in [1.54, 1.807) is 0 Å². The molecule has 0 spiro atoms. The number of carbonyl (C=O) groups is 4. The van der Waals surface area contributed by atoms with Crippen molar-refractivity contribution in [3.8, 4) is 0 Å². The van der Waals surface area contributed by atoms with E-state index >= 15 is 0 Å². The molecular formula is C79H154O17P2. The maximum absolute atomic E-state index is 13.1. The smallest absolute Gasteiger partial charge is 0.462 e. The van der Waals surface area contributed by atoms with Crippen LogP contribution in [0.3, 0.4) is 0 Å². The molecular weight excluding hydrogens is 1280 g/mol. The number of rotatable bonds is 79. The summed E-state index contributed by atoms with van der Waals surface area (Å²) in [6, 6.07) is 0. The summed E-state index contributed by atoms with van der Waals surface area (Å²) in [5.74, 6) is -1.31. The average Bonchev–Trinajstić information content (AvgIpc) is 1.03. The second-order valence-corrected chi connectivity index (χ2v) is 31.8. The topological polar surface area (TPSA) is 237 Å². The number of aliphatic hydroxyl groups is 1. The van der Waals surface area contributed by atoms with Gasteiger partial charge in [0.1, 0.15) is 19.3 Å². The van der Waals surface area contributed by atoms with Crippen molar-refractivity contribution in [3.05, 3.63) is 0 Å². The van der Waals surface area contributed by atoms with Crippen molar-refractivity contribution >= 4 is 39.5 Å². The summed E-state index contributed by atoms with van der Waals surface area (Å²) in [7, 11) is -9.91. The van der Waals surface area contributed by atoms with E-state index < -0.39 is 97.5 Å². The molecule has 0 aliphatic heterocycles. The molecule has 0 aromatic carbocycles. The highest BCUT2D eigenvalue weighted by Gasteiger charge is 2.30. The van der Waals surface area contributed by atoms with Crippen molar-refractivity contribution in [1.29, 1.82) is 0 Å². The third-order valence-electron chi connectivity index (χ3n) is 18.5. The lowest BCUT2D eigenvalue weighted by molar-refractivity contribution is -0.161. The maximum Gasteiger partial charge on any atom is 0.472 e. The number of phosphoric acid groups is 2. The molecule has 0 amide bonds. The average molecular weight is 1440 g/mol. The molecule has 0 saturated carbocycles. The quantitative estimate of drug-likeness (QED) is 0.0222. The highest BCUT2D eigenvalue weighted by molar-refractivity contribution is 7.47.